The first-order chi connectivity index (χ1) is 9.61. The van der Waals surface area contributed by atoms with E-state index in [1.54, 1.807) is 18.4 Å². The average Bonchev–Trinajstić information content (AvgIpc) is 2.83. The van der Waals surface area contributed by atoms with Gasteiger partial charge in [0, 0.05) is 20.7 Å². The average molecular weight is 303 g/mol. The number of aryl methyl sites for hydroxylation is 2. The largest absolute Gasteiger partial charge is 0.496 e. The molecule has 0 unspecified atom stereocenters. The number of methoxy groups -OCH3 is 1. The van der Waals surface area contributed by atoms with Gasteiger partial charge >= 0.3 is 0 Å². The highest BCUT2D eigenvalue weighted by Crippen LogP contribution is 2.41. The summed E-state index contributed by atoms with van der Waals surface area (Å²) in [6.45, 7) is 4.15. The lowest BCUT2D eigenvalue weighted by Gasteiger charge is -2.12. The monoisotopic (exact) mass is 302 g/mol. The zero-order valence-electron chi connectivity index (χ0n) is 11.7. The predicted molar refractivity (Wildman–Crippen MR) is 88.3 cm³/mol. The molecular weight excluding hydrogens is 288 g/mol. The van der Waals surface area contributed by atoms with E-state index in [1.807, 2.05) is 19.1 Å². The van der Waals surface area contributed by atoms with Crippen molar-refractivity contribution in [2.24, 2.45) is 0 Å². The standard InChI is InChI=1S/C17H15ClOS/c1-10-4-5-12(8-13(10)18)17-14(19-3)6-7-15-16(17)11(2)9-20-15/h4-9H,1-3H3. The van der Waals surface area contributed by atoms with Crippen molar-refractivity contribution in [2.75, 3.05) is 7.11 Å². The number of thiophene rings is 1. The molecule has 0 aliphatic rings. The Balaban J connectivity index is 2.37. The summed E-state index contributed by atoms with van der Waals surface area (Å²) in [5, 5.41) is 4.23. The minimum atomic E-state index is 0.787. The van der Waals surface area contributed by atoms with Crippen LogP contribution in [0.2, 0.25) is 5.02 Å². The van der Waals surface area contributed by atoms with Crippen molar-refractivity contribution in [2.45, 2.75) is 13.8 Å². The van der Waals surface area contributed by atoms with E-state index in [4.69, 9.17) is 16.3 Å². The van der Waals surface area contributed by atoms with E-state index in [9.17, 15) is 0 Å². The number of hydrogen-bond acceptors (Lipinski definition) is 2. The molecule has 1 heterocycles. The third-order valence-corrected chi connectivity index (χ3v) is 5.04. The minimum absolute atomic E-state index is 0.787. The third kappa shape index (κ3) is 2.09. The molecule has 0 bridgehead atoms. The summed E-state index contributed by atoms with van der Waals surface area (Å²) < 4.78 is 6.84. The van der Waals surface area contributed by atoms with Gasteiger partial charge < -0.3 is 4.74 Å². The fourth-order valence-corrected chi connectivity index (χ4v) is 3.60. The van der Waals surface area contributed by atoms with Gasteiger partial charge in [-0.25, -0.2) is 0 Å². The highest BCUT2D eigenvalue weighted by Gasteiger charge is 2.14. The Morgan fingerprint density at radius 3 is 2.55 bits per heavy atom. The maximum Gasteiger partial charge on any atom is 0.127 e. The van der Waals surface area contributed by atoms with Crippen LogP contribution in [0.25, 0.3) is 21.2 Å². The molecule has 0 N–H and O–H groups in total. The molecular formula is C17H15ClOS. The van der Waals surface area contributed by atoms with Crippen molar-refractivity contribution in [1.29, 1.82) is 0 Å². The molecule has 0 saturated carbocycles. The molecule has 0 amide bonds. The molecule has 1 aromatic heterocycles. The first-order valence-electron chi connectivity index (χ1n) is 6.43. The van der Waals surface area contributed by atoms with Gasteiger partial charge in [0.25, 0.3) is 0 Å². The SMILES string of the molecule is COc1ccc2scc(C)c2c1-c1ccc(C)c(Cl)c1. The van der Waals surface area contributed by atoms with Crippen molar-refractivity contribution < 1.29 is 4.74 Å². The number of fused-ring (bicyclic) bond motifs is 1. The van der Waals surface area contributed by atoms with Crippen LogP contribution in [-0.2, 0) is 0 Å². The van der Waals surface area contributed by atoms with Crippen LogP contribution in [0.5, 0.6) is 5.75 Å². The lowest BCUT2D eigenvalue weighted by molar-refractivity contribution is 0.417. The molecule has 0 fully saturated rings. The van der Waals surface area contributed by atoms with E-state index in [1.165, 1.54) is 15.6 Å². The molecule has 0 aliphatic carbocycles. The Bertz CT molecular complexity index is 789. The summed E-state index contributed by atoms with van der Waals surface area (Å²) in [6, 6.07) is 10.3. The van der Waals surface area contributed by atoms with Crippen LogP contribution >= 0.6 is 22.9 Å². The van der Waals surface area contributed by atoms with Gasteiger partial charge in [-0.15, -0.1) is 11.3 Å². The molecule has 102 valence electrons. The molecule has 3 aromatic rings. The number of hydrogen-bond donors (Lipinski definition) is 0. The van der Waals surface area contributed by atoms with E-state index in [2.05, 4.69) is 30.5 Å². The van der Waals surface area contributed by atoms with Crippen LogP contribution in [0.1, 0.15) is 11.1 Å². The Labute approximate surface area is 127 Å². The van der Waals surface area contributed by atoms with Gasteiger partial charge in [0.15, 0.2) is 0 Å². The van der Waals surface area contributed by atoms with Crippen LogP contribution in [0.15, 0.2) is 35.7 Å². The highest BCUT2D eigenvalue weighted by atomic mass is 35.5. The first kappa shape index (κ1) is 13.5. The predicted octanol–water partition coefficient (Wildman–Crippen LogP) is 5.85. The molecule has 0 radical (unpaired) electrons. The van der Waals surface area contributed by atoms with Gasteiger partial charge in [0.1, 0.15) is 5.75 Å². The van der Waals surface area contributed by atoms with E-state index >= 15 is 0 Å². The van der Waals surface area contributed by atoms with Gasteiger partial charge in [0.2, 0.25) is 0 Å². The van der Waals surface area contributed by atoms with Crippen molar-refractivity contribution in [3.63, 3.8) is 0 Å². The van der Waals surface area contributed by atoms with Crippen molar-refractivity contribution >= 4 is 33.0 Å². The zero-order chi connectivity index (χ0) is 14.3. The van der Waals surface area contributed by atoms with Crippen LogP contribution in [-0.4, -0.2) is 7.11 Å². The van der Waals surface area contributed by atoms with Gasteiger partial charge in [-0.2, -0.15) is 0 Å². The molecule has 20 heavy (non-hydrogen) atoms. The van der Waals surface area contributed by atoms with Gasteiger partial charge in [0.05, 0.1) is 7.11 Å². The molecule has 3 rings (SSSR count). The smallest absolute Gasteiger partial charge is 0.127 e. The molecule has 0 atom stereocenters. The molecule has 1 nitrogen and oxygen atoms in total. The lowest BCUT2D eigenvalue weighted by atomic mass is 9.98. The van der Waals surface area contributed by atoms with E-state index in [-0.39, 0.29) is 0 Å². The number of ether oxygens (including phenoxy) is 1. The number of benzene rings is 2. The fraction of sp³-hybridized carbons (Fsp3) is 0.176. The zero-order valence-corrected chi connectivity index (χ0v) is 13.2. The van der Waals surface area contributed by atoms with E-state index in [0.717, 1.165) is 27.5 Å². The maximum absolute atomic E-state index is 6.29. The Hall–Kier alpha value is -1.51. The summed E-state index contributed by atoms with van der Waals surface area (Å²) in [5.74, 6) is 0.888. The van der Waals surface area contributed by atoms with E-state index in [0.29, 0.717) is 0 Å². The molecule has 2 aromatic carbocycles. The summed E-state index contributed by atoms with van der Waals surface area (Å²) in [5.41, 5.74) is 4.59. The van der Waals surface area contributed by atoms with Crippen LogP contribution in [0, 0.1) is 13.8 Å². The summed E-state index contributed by atoms with van der Waals surface area (Å²) in [7, 11) is 1.71. The molecule has 0 aliphatic heterocycles. The van der Waals surface area contributed by atoms with Crippen molar-refractivity contribution in [1.82, 2.24) is 0 Å². The number of rotatable bonds is 2. The Morgan fingerprint density at radius 2 is 1.85 bits per heavy atom. The second kappa shape index (κ2) is 5.12. The van der Waals surface area contributed by atoms with Crippen molar-refractivity contribution in [3.8, 4) is 16.9 Å². The van der Waals surface area contributed by atoms with E-state index < -0.39 is 0 Å². The quantitative estimate of drug-likeness (QED) is 0.577. The second-order valence-corrected chi connectivity index (χ2v) is 6.22. The summed E-state index contributed by atoms with van der Waals surface area (Å²) in [4.78, 5) is 0. The third-order valence-electron chi connectivity index (χ3n) is 3.57. The topological polar surface area (TPSA) is 9.23 Å². The Kier molecular flexibility index (Phi) is 3.45. The summed E-state index contributed by atoms with van der Waals surface area (Å²) in [6.07, 6.45) is 0. The minimum Gasteiger partial charge on any atom is -0.496 e. The fourth-order valence-electron chi connectivity index (χ4n) is 2.47. The maximum atomic E-state index is 6.29. The van der Waals surface area contributed by atoms with Crippen LogP contribution in [0.3, 0.4) is 0 Å². The molecule has 0 saturated heterocycles. The lowest BCUT2D eigenvalue weighted by Crippen LogP contribution is -1.90. The Morgan fingerprint density at radius 1 is 1.05 bits per heavy atom. The highest BCUT2D eigenvalue weighted by molar-refractivity contribution is 7.17. The van der Waals surface area contributed by atoms with Gasteiger partial charge in [-0.1, -0.05) is 23.7 Å². The van der Waals surface area contributed by atoms with Gasteiger partial charge in [-0.05, 0) is 54.1 Å². The van der Waals surface area contributed by atoms with Gasteiger partial charge in [-0.3, -0.25) is 0 Å². The molecule has 3 heteroatoms. The van der Waals surface area contributed by atoms with Crippen LogP contribution in [0.4, 0.5) is 0 Å². The first-order valence-corrected chi connectivity index (χ1v) is 7.69. The van der Waals surface area contributed by atoms with Crippen LogP contribution < -0.4 is 4.74 Å². The number of halogens is 1. The van der Waals surface area contributed by atoms with Crippen molar-refractivity contribution in [3.05, 3.63) is 51.9 Å². The normalized spacial score (nSPS) is 11.0. The second-order valence-electron chi connectivity index (χ2n) is 4.90. The summed E-state index contributed by atoms with van der Waals surface area (Å²) >= 11 is 8.05. The molecule has 0 spiro atoms.